The lowest BCUT2D eigenvalue weighted by atomic mass is 9.82. The van der Waals surface area contributed by atoms with E-state index in [-0.39, 0.29) is 5.91 Å². The van der Waals surface area contributed by atoms with Crippen LogP contribution in [0.5, 0.6) is 0 Å². The first kappa shape index (κ1) is 16.0. The highest BCUT2D eigenvalue weighted by Crippen LogP contribution is 2.28. The van der Waals surface area contributed by atoms with E-state index in [9.17, 15) is 4.79 Å². The molecule has 0 bridgehead atoms. The van der Waals surface area contributed by atoms with Crippen LogP contribution in [0.25, 0.3) is 0 Å². The van der Waals surface area contributed by atoms with Crippen LogP contribution in [0.2, 0.25) is 0 Å². The normalized spacial score (nSPS) is 17.8. The molecule has 0 N–H and O–H groups in total. The van der Waals surface area contributed by atoms with E-state index in [4.69, 9.17) is 0 Å². The minimum absolute atomic E-state index is 0.223. The predicted molar refractivity (Wildman–Crippen MR) is 87.5 cm³/mol. The Kier molecular flexibility index (Phi) is 4.72. The van der Waals surface area contributed by atoms with Crippen LogP contribution in [-0.4, -0.2) is 48.9 Å². The SMILES string of the molecule is Cc1ccc(C(C)(C)C(=O)N(C)C2CCN(C)CC2)cc1. The van der Waals surface area contributed by atoms with Crippen molar-refractivity contribution in [3.05, 3.63) is 35.4 Å². The van der Waals surface area contributed by atoms with Crippen LogP contribution in [0.4, 0.5) is 0 Å². The lowest BCUT2D eigenvalue weighted by Gasteiger charge is -2.39. The van der Waals surface area contributed by atoms with Crippen molar-refractivity contribution in [3.63, 3.8) is 0 Å². The lowest BCUT2D eigenvalue weighted by Crippen LogP contribution is -2.49. The zero-order valence-corrected chi connectivity index (χ0v) is 14.0. The summed E-state index contributed by atoms with van der Waals surface area (Å²) in [5.41, 5.74) is 1.86. The Morgan fingerprint density at radius 1 is 1.19 bits per heavy atom. The van der Waals surface area contributed by atoms with Crippen molar-refractivity contribution in [1.82, 2.24) is 9.80 Å². The topological polar surface area (TPSA) is 23.6 Å². The van der Waals surface area contributed by atoms with Crippen molar-refractivity contribution in [1.29, 1.82) is 0 Å². The molecule has 0 atom stereocenters. The Morgan fingerprint density at radius 3 is 2.24 bits per heavy atom. The number of benzene rings is 1. The summed E-state index contributed by atoms with van der Waals surface area (Å²) < 4.78 is 0. The van der Waals surface area contributed by atoms with Gasteiger partial charge in [-0.15, -0.1) is 0 Å². The summed E-state index contributed by atoms with van der Waals surface area (Å²) in [6.07, 6.45) is 2.14. The summed E-state index contributed by atoms with van der Waals surface area (Å²) in [7, 11) is 4.11. The first-order valence-electron chi connectivity index (χ1n) is 7.85. The van der Waals surface area contributed by atoms with Gasteiger partial charge in [0.15, 0.2) is 0 Å². The summed E-state index contributed by atoms with van der Waals surface area (Å²) in [4.78, 5) is 17.3. The molecule has 3 nitrogen and oxygen atoms in total. The fraction of sp³-hybridized carbons (Fsp3) is 0.611. The zero-order chi connectivity index (χ0) is 15.6. The molecule has 0 saturated carbocycles. The van der Waals surface area contributed by atoms with Crippen LogP contribution < -0.4 is 0 Å². The summed E-state index contributed by atoms with van der Waals surface area (Å²) in [6, 6.07) is 8.70. The largest absolute Gasteiger partial charge is 0.342 e. The highest BCUT2D eigenvalue weighted by Gasteiger charge is 2.35. The molecule has 0 radical (unpaired) electrons. The van der Waals surface area contributed by atoms with E-state index in [0.717, 1.165) is 31.5 Å². The molecular formula is C18H28N2O. The number of hydrogen-bond donors (Lipinski definition) is 0. The van der Waals surface area contributed by atoms with Crippen molar-refractivity contribution < 1.29 is 4.79 Å². The summed E-state index contributed by atoms with van der Waals surface area (Å²) >= 11 is 0. The maximum atomic E-state index is 12.9. The quantitative estimate of drug-likeness (QED) is 0.854. The van der Waals surface area contributed by atoms with E-state index in [1.807, 2.05) is 25.8 Å². The second kappa shape index (κ2) is 6.18. The zero-order valence-electron chi connectivity index (χ0n) is 14.0. The molecule has 1 heterocycles. The number of nitrogens with zero attached hydrogens (tertiary/aromatic N) is 2. The molecule has 2 rings (SSSR count). The van der Waals surface area contributed by atoms with Crippen LogP contribution >= 0.6 is 0 Å². The molecule has 1 aromatic carbocycles. The molecule has 1 fully saturated rings. The predicted octanol–water partition coefficient (Wildman–Crippen LogP) is 2.83. The van der Waals surface area contributed by atoms with Gasteiger partial charge in [0.2, 0.25) is 5.91 Å². The number of rotatable bonds is 3. The molecule has 1 aliphatic rings. The Hall–Kier alpha value is -1.35. The van der Waals surface area contributed by atoms with Crippen LogP contribution in [0.3, 0.4) is 0 Å². The van der Waals surface area contributed by atoms with Gasteiger partial charge in [-0.25, -0.2) is 0 Å². The molecule has 0 aliphatic carbocycles. The first-order valence-corrected chi connectivity index (χ1v) is 7.85. The molecule has 21 heavy (non-hydrogen) atoms. The molecule has 1 aromatic rings. The number of likely N-dealkylation sites (N-methyl/N-ethyl adjacent to an activating group) is 1. The van der Waals surface area contributed by atoms with Crippen molar-refractivity contribution in [2.24, 2.45) is 0 Å². The maximum Gasteiger partial charge on any atom is 0.232 e. The second-order valence-electron chi connectivity index (χ2n) is 6.94. The minimum atomic E-state index is -0.466. The average molecular weight is 288 g/mol. The maximum absolute atomic E-state index is 12.9. The van der Waals surface area contributed by atoms with Gasteiger partial charge in [-0.3, -0.25) is 4.79 Å². The van der Waals surface area contributed by atoms with Crippen molar-refractivity contribution in [2.45, 2.75) is 45.1 Å². The molecule has 0 unspecified atom stereocenters. The third-order valence-electron chi connectivity index (χ3n) is 4.86. The van der Waals surface area contributed by atoms with Crippen LogP contribution in [0, 0.1) is 6.92 Å². The number of amides is 1. The number of carbonyl (C=O) groups is 1. The Balaban J connectivity index is 2.11. The lowest BCUT2D eigenvalue weighted by molar-refractivity contribution is -0.137. The Bertz CT molecular complexity index is 484. The highest BCUT2D eigenvalue weighted by molar-refractivity contribution is 5.87. The smallest absolute Gasteiger partial charge is 0.232 e. The van der Waals surface area contributed by atoms with E-state index >= 15 is 0 Å². The number of piperidine rings is 1. The third kappa shape index (κ3) is 3.46. The summed E-state index contributed by atoms with van der Waals surface area (Å²) in [5, 5.41) is 0. The summed E-state index contributed by atoms with van der Waals surface area (Å²) in [6.45, 7) is 8.29. The van der Waals surface area contributed by atoms with Gasteiger partial charge in [-0.2, -0.15) is 0 Å². The van der Waals surface area contributed by atoms with Gasteiger partial charge in [0.05, 0.1) is 5.41 Å². The van der Waals surface area contributed by atoms with Crippen molar-refractivity contribution >= 4 is 5.91 Å². The molecular weight excluding hydrogens is 260 g/mol. The first-order chi connectivity index (χ1) is 9.82. The standard InChI is InChI=1S/C18H28N2O/c1-14-6-8-15(9-7-14)18(2,3)17(21)20(5)16-10-12-19(4)13-11-16/h6-9,16H,10-13H2,1-5H3. The molecule has 1 aliphatic heterocycles. The fourth-order valence-electron chi connectivity index (χ4n) is 3.08. The fourth-order valence-corrected chi connectivity index (χ4v) is 3.08. The third-order valence-corrected chi connectivity index (χ3v) is 4.86. The number of aryl methyl sites for hydroxylation is 1. The van der Waals surface area contributed by atoms with Crippen LogP contribution in [0.15, 0.2) is 24.3 Å². The minimum Gasteiger partial charge on any atom is -0.342 e. The van der Waals surface area contributed by atoms with Crippen LogP contribution in [0.1, 0.15) is 37.8 Å². The Labute approximate surface area is 128 Å². The van der Waals surface area contributed by atoms with E-state index in [0.29, 0.717) is 6.04 Å². The van der Waals surface area contributed by atoms with Gasteiger partial charge in [0.25, 0.3) is 0 Å². The van der Waals surface area contributed by atoms with Gasteiger partial charge in [0.1, 0.15) is 0 Å². The average Bonchev–Trinajstić information content (AvgIpc) is 2.47. The molecule has 0 aromatic heterocycles. The number of likely N-dealkylation sites (tertiary alicyclic amines) is 1. The number of hydrogen-bond acceptors (Lipinski definition) is 2. The van der Waals surface area contributed by atoms with Crippen molar-refractivity contribution in [2.75, 3.05) is 27.2 Å². The van der Waals surface area contributed by atoms with E-state index in [1.165, 1.54) is 5.56 Å². The van der Waals surface area contributed by atoms with Gasteiger partial charge in [-0.1, -0.05) is 29.8 Å². The van der Waals surface area contributed by atoms with Gasteiger partial charge >= 0.3 is 0 Å². The van der Waals surface area contributed by atoms with E-state index < -0.39 is 5.41 Å². The van der Waals surface area contributed by atoms with Crippen LogP contribution in [-0.2, 0) is 10.2 Å². The molecule has 3 heteroatoms. The van der Waals surface area contributed by atoms with Crippen molar-refractivity contribution in [3.8, 4) is 0 Å². The number of carbonyl (C=O) groups excluding carboxylic acids is 1. The molecule has 1 amide bonds. The Morgan fingerprint density at radius 2 is 1.71 bits per heavy atom. The summed E-state index contributed by atoms with van der Waals surface area (Å²) in [5.74, 6) is 0.223. The monoisotopic (exact) mass is 288 g/mol. The molecule has 1 saturated heterocycles. The highest BCUT2D eigenvalue weighted by atomic mass is 16.2. The van der Waals surface area contributed by atoms with E-state index in [1.54, 1.807) is 0 Å². The van der Waals surface area contributed by atoms with Gasteiger partial charge in [0, 0.05) is 13.1 Å². The second-order valence-corrected chi connectivity index (χ2v) is 6.94. The molecule has 0 spiro atoms. The molecule has 116 valence electrons. The van der Waals surface area contributed by atoms with Gasteiger partial charge in [-0.05, 0) is 59.3 Å². The van der Waals surface area contributed by atoms with Gasteiger partial charge < -0.3 is 9.80 Å². The van der Waals surface area contributed by atoms with E-state index in [2.05, 4.69) is 43.1 Å².